The molecular weight excluding hydrogens is 604 g/mol. The number of para-hydroxylation sites is 1. The predicted molar refractivity (Wildman–Crippen MR) is 181 cm³/mol. The van der Waals surface area contributed by atoms with Gasteiger partial charge in [-0.2, -0.15) is 0 Å². The van der Waals surface area contributed by atoms with Gasteiger partial charge in [0.25, 0.3) is 23.6 Å². The van der Waals surface area contributed by atoms with E-state index in [1.165, 1.54) is 9.80 Å². The fourth-order valence-electron chi connectivity index (χ4n) is 7.70. The van der Waals surface area contributed by atoms with Gasteiger partial charge in [0.1, 0.15) is 5.75 Å². The second kappa shape index (κ2) is 10.2. The molecule has 0 radical (unpaired) electrons. The molecule has 0 bridgehead atoms. The Kier molecular flexibility index (Phi) is 5.97. The maximum absolute atomic E-state index is 14.0. The molecular formula is C40H26N2O6. The number of carbonyl (C=O) groups excluding carboxylic acids is 4. The van der Waals surface area contributed by atoms with Gasteiger partial charge in [-0.05, 0) is 73.8 Å². The van der Waals surface area contributed by atoms with Crippen molar-refractivity contribution in [1.82, 2.24) is 9.80 Å². The fraction of sp³-hybridized carbons (Fsp3) is 0.100. The summed E-state index contributed by atoms with van der Waals surface area (Å²) in [4.78, 5) is 58.3. The highest BCUT2D eigenvalue weighted by atomic mass is 16.5. The molecule has 0 fully saturated rings. The molecule has 4 amide bonds. The zero-order chi connectivity index (χ0) is 32.8. The molecule has 0 unspecified atom stereocenters. The summed E-state index contributed by atoms with van der Waals surface area (Å²) in [5, 5.41) is 16.0. The van der Waals surface area contributed by atoms with Gasteiger partial charge in [0.2, 0.25) is 0 Å². The summed E-state index contributed by atoms with van der Waals surface area (Å²) in [6, 6.07) is 29.2. The lowest BCUT2D eigenvalue weighted by Crippen LogP contribution is -2.40. The van der Waals surface area contributed by atoms with Crippen molar-refractivity contribution < 1.29 is 29.0 Å². The third-order valence-electron chi connectivity index (χ3n) is 9.94. The van der Waals surface area contributed by atoms with E-state index >= 15 is 0 Å². The minimum atomic E-state index is -0.397. The number of aliphatic hydroxyl groups is 1. The van der Waals surface area contributed by atoms with Crippen LogP contribution in [0.2, 0.25) is 0 Å². The Hall–Kier alpha value is -6.12. The van der Waals surface area contributed by atoms with Crippen molar-refractivity contribution in [2.45, 2.75) is 19.7 Å². The Morgan fingerprint density at radius 3 is 1.27 bits per heavy atom. The molecule has 8 nitrogen and oxygen atoms in total. The van der Waals surface area contributed by atoms with E-state index in [1.54, 1.807) is 43.5 Å². The van der Waals surface area contributed by atoms with E-state index in [0.29, 0.717) is 49.9 Å². The van der Waals surface area contributed by atoms with Crippen LogP contribution in [-0.2, 0) is 19.7 Å². The van der Waals surface area contributed by atoms with Crippen LogP contribution in [0.4, 0.5) is 0 Å². The quantitative estimate of drug-likeness (QED) is 0.123. The normalized spacial score (nSPS) is 14.4. The summed E-state index contributed by atoms with van der Waals surface area (Å²) in [6.07, 6.45) is 0. The first kappa shape index (κ1) is 28.1. The Morgan fingerprint density at radius 1 is 0.479 bits per heavy atom. The van der Waals surface area contributed by atoms with Crippen LogP contribution >= 0.6 is 0 Å². The largest absolute Gasteiger partial charge is 0.496 e. The van der Waals surface area contributed by atoms with Crippen LogP contribution < -0.4 is 4.74 Å². The van der Waals surface area contributed by atoms with Gasteiger partial charge >= 0.3 is 0 Å². The van der Waals surface area contributed by atoms with E-state index in [9.17, 15) is 24.3 Å². The number of benzene rings is 7. The number of methoxy groups -OCH3 is 1. The van der Waals surface area contributed by atoms with Crippen LogP contribution in [0.3, 0.4) is 0 Å². The number of nitrogens with zero attached hydrogens (tertiary/aromatic N) is 2. The summed E-state index contributed by atoms with van der Waals surface area (Å²) in [5.41, 5.74) is 3.83. The first-order valence-corrected chi connectivity index (χ1v) is 15.6. The average Bonchev–Trinajstić information content (AvgIpc) is 3.12. The van der Waals surface area contributed by atoms with E-state index in [0.717, 1.165) is 37.9 Å². The predicted octanol–water partition coefficient (Wildman–Crippen LogP) is 6.83. The highest BCUT2D eigenvalue weighted by Crippen LogP contribution is 2.46. The summed E-state index contributed by atoms with van der Waals surface area (Å²) >= 11 is 0. The first-order chi connectivity index (χ1) is 23.4. The van der Waals surface area contributed by atoms with Gasteiger partial charge < -0.3 is 9.84 Å². The second-order valence-corrected chi connectivity index (χ2v) is 12.3. The summed E-state index contributed by atoms with van der Waals surface area (Å²) < 4.78 is 5.48. The average molecular weight is 631 g/mol. The van der Waals surface area contributed by atoms with Crippen molar-refractivity contribution in [2.75, 3.05) is 7.11 Å². The number of hydrogen-bond donors (Lipinski definition) is 1. The van der Waals surface area contributed by atoms with Crippen molar-refractivity contribution in [2.24, 2.45) is 0 Å². The van der Waals surface area contributed by atoms with Gasteiger partial charge in [0.15, 0.2) is 0 Å². The number of rotatable bonds is 6. The molecule has 0 aromatic heterocycles. The smallest absolute Gasteiger partial charge is 0.261 e. The van der Waals surface area contributed by atoms with Crippen LogP contribution in [0, 0.1) is 0 Å². The zero-order valence-corrected chi connectivity index (χ0v) is 25.7. The number of aliphatic hydroxyl groups excluding tert-OH is 1. The van der Waals surface area contributed by atoms with Crippen LogP contribution in [0.25, 0.3) is 43.1 Å². The van der Waals surface area contributed by atoms with Gasteiger partial charge in [-0.25, -0.2) is 0 Å². The molecule has 48 heavy (non-hydrogen) atoms. The molecule has 232 valence electrons. The maximum Gasteiger partial charge on any atom is 0.261 e. The van der Waals surface area contributed by atoms with Gasteiger partial charge in [-0.15, -0.1) is 0 Å². The van der Waals surface area contributed by atoms with Crippen molar-refractivity contribution in [1.29, 1.82) is 0 Å². The lowest BCUT2D eigenvalue weighted by molar-refractivity contribution is 0.0582. The SMILES string of the molecule is COc1ccccc1CN1C(=O)c2ccc3c4ccc5c6c(ccc(c7ccc(c2c37)C1=O)c64)C(=O)N(Cc1ccccc1CO)C5=O. The number of imide groups is 2. The molecule has 2 aliphatic rings. The summed E-state index contributed by atoms with van der Waals surface area (Å²) in [7, 11) is 1.56. The number of carbonyl (C=O) groups is 4. The summed E-state index contributed by atoms with van der Waals surface area (Å²) in [6.45, 7) is -0.0796. The van der Waals surface area contributed by atoms with Crippen molar-refractivity contribution >= 4 is 66.7 Å². The molecule has 2 heterocycles. The molecule has 7 aromatic rings. The third-order valence-corrected chi connectivity index (χ3v) is 9.94. The molecule has 0 aliphatic carbocycles. The lowest BCUT2D eigenvalue weighted by Gasteiger charge is -2.30. The van der Waals surface area contributed by atoms with E-state index in [4.69, 9.17) is 4.74 Å². The monoisotopic (exact) mass is 630 g/mol. The Labute approximate surface area is 273 Å². The maximum atomic E-state index is 14.0. The Morgan fingerprint density at radius 2 is 0.854 bits per heavy atom. The molecule has 0 spiro atoms. The van der Waals surface area contributed by atoms with Gasteiger partial charge in [-0.3, -0.25) is 29.0 Å². The molecule has 0 saturated carbocycles. The van der Waals surface area contributed by atoms with Crippen LogP contribution in [-0.4, -0.2) is 45.6 Å². The zero-order valence-electron chi connectivity index (χ0n) is 25.7. The molecule has 2 aliphatic heterocycles. The highest BCUT2D eigenvalue weighted by Gasteiger charge is 2.37. The summed E-state index contributed by atoms with van der Waals surface area (Å²) in [5.74, 6) is -0.951. The fourth-order valence-corrected chi connectivity index (χ4v) is 7.70. The lowest BCUT2D eigenvalue weighted by atomic mass is 9.82. The molecule has 1 N–H and O–H groups in total. The van der Waals surface area contributed by atoms with Crippen LogP contribution in [0.15, 0.2) is 97.1 Å². The Balaban J connectivity index is 1.22. The van der Waals surface area contributed by atoms with Crippen molar-refractivity contribution in [3.05, 3.63) is 136 Å². The number of hydrogen-bond acceptors (Lipinski definition) is 6. The molecule has 8 heteroatoms. The van der Waals surface area contributed by atoms with Gasteiger partial charge in [0, 0.05) is 38.6 Å². The minimum absolute atomic E-state index is 0.0443. The topological polar surface area (TPSA) is 104 Å². The molecule has 0 atom stereocenters. The molecule has 9 rings (SSSR count). The number of amides is 4. The van der Waals surface area contributed by atoms with Crippen LogP contribution in [0.1, 0.15) is 58.1 Å². The molecule has 0 saturated heterocycles. The van der Waals surface area contributed by atoms with E-state index in [1.807, 2.05) is 60.7 Å². The van der Waals surface area contributed by atoms with Gasteiger partial charge in [-0.1, -0.05) is 66.7 Å². The first-order valence-electron chi connectivity index (χ1n) is 15.6. The van der Waals surface area contributed by atoms with E-state index in [-0.39, 0.29) is 31.5 Å². The van der Waals surface area contributed by atoms with E-state index in [2.05, 4.69) is 0 Å². The second-order valence-electron chi connectivity index (χ2n) is 12.3. The minimum Gasteiger partial charge on any atom is -0.496 e. The number of fused-ring (bicyclic) bond motifs is 2. The van der Waals surface area contributed by atoms with Crippen molar-refractivity contribution in [3.63, 3.8) is 0 Å². The van der Waals surface area contributed by atoms with E-state index < -0.39 is 11.8 Å². The highest BCUT2D eigenvalue weighted by molar-refractivity contribution is 6.41. The molecule has 7 aromatic carbocycles. The third kappa shape index (κ3) is 3.69. The standard InChI is InChI=1S/C40H26N2O6/c1-48-32-9-5-4-7-22(32)19-42-39(46)30-16-12-26-24-10-14-28-35-29(38(45)41(37(28)44)18-21-6-2-3-8-23(21)20-43)15-11-25(33(24)35)27-13-17-31(40(42)47)36(30)34(26)27/h2-17,43H,18-20H2,1H3. The van der Waals surface area contributed by atoms with Crippen LogP contribution in [0.5, 0.6) is 5.75 Å². The van der Waals surface area contributed by atoms with Crippen molar-refractivity contribution in [3.8, 4) is 5.75 Å². The number of ether oxygens (including phenoxy) is 1. The van der Waals surface area contributed by atoms with Gasteiger partial charge in [0.05, 0.1) is 26.8 Å². The Bertz CT molecular complexity index is 2290.